The van der Waals surface area contributed by atoms with Crippen molar-refractivity contribution in [2.75, 3.05) is 46.1 Å². The molecule has 1 saturated heterocycles. The number of rotatable bonds is 10. The van der Waals surface area contributed by atoms with Gasteiger partial charge in [0.05, 0.1) is 24.3 Å². The average Bonchev–Trinajstić information content (AvgIpc) is 3.24. The van der Waals surface area contributed by atoms with Crippen molar-refractivity contribution in [3.8, 4) is 5.75 Å². The van der Waals surface area contributed by atoms with E-state index in [4.69, 9.17) is 14.2 Å². The molecular formula is C18H24N4O8S2. The van der Waals surface area contributed by atoms with Crippen molar-refractivity contribution in [2.24, 2.45) is 7.05 Å². The molecule has 0 atom stereocenters. The molecule has 1 aromatic heterocycles. The lowest BCUT2D eigenvalue weighted by atomic mass is 10.3. The Labute approximate surface area is 186 Å². The number of ether oxygens (including phenoxy) is 3. The predicted octanol–water partition coefficient (Wildman–Crippen LogP) is -0.658. The van der Waals surface area contributed by atoms with Gasteiger partial charge in [0.1, 0.15) is 30.4 Å². The molecule has 12 nitrogen and oxygen atoms in total. The van der Waals surface area contributed by atoms with Crippen molar-refractivity contribution in [1.82, 2.24) is 18.8 Å². The van der Waals surface area contributed by atoms with E-state index >= 15 is 0 Å². The van der Waals surface area contributed by atoms with E-state index < -0.39 is 32.6 Å². The second-order valence-corrected chi connectivity index (χ2v) is 10.4. The quantitative estimate of drug-likeness (QED) is 0.340. The zero-order chi connectivity index (χ0) is 23.2. The van der Waals surface area contributed by atoms with Crippen LogP contribution in [0.5, 0.6) is 5.75 Å². The third kappa shape index (κ3) is 6.26. The molecule has 32 heavy (non-hydrogen) atoms. The number of hydrogen-bond acceptors (Lipinski definition) is 9. The molecule has 1 fully saturated rings. The first-order valence-corrected chi connectivity index (χ1v) is 12.6. The molecule has 0 saturated carbocycles. The van der Waals surface area contributed by atoms with Gasteiger partial charge < -0.3 is 14.2 Å². The normalized spacial score (nSPS) is 15.4. The summed E-state index contributed by atoms with van der Waals surface area (Å²) < 4.78 is 69.5. The Morgan fingerprint density at radius 2 is 1.78 bits per heavy atom. The van der Waals surface area contributed by atoms with Crippen LogP contribution in [0.15, 0.2) is 46.5 Å². The first kappa shape index (κ1) is 24.1. The molecule has 0 unspecified atom stereocenters. The fraction of sp³-hybridized carbons (Fsp3) is 0.444. The Balaban J connectivity index is 1.40. The monoisotopic (exact) mass is 488 g/mol. The molecule has 1 aliphatic rings. The topological polar surface area (TPSA) is 146 Å². The van der Waals surface area contributed by atoms with Crippen LogP contribution in [-0.2, 0) is 41.4 Å². The van der Waals surface area contributed by atoms with Crippen LogP contribution < -0.4 is 9.46 Å². The number of aryl methyl sites for hydroxylation is 1. The highest BCUT2D eigenvalue weighted by atomic mass is 32.2. The minimum atomic E-state index is -3.86. The van der Waals surface area contributed by atoms with E-state index in [1.807, 2.05) is 0 Å². The molecule has 0 bridgehead atoms. The van der Waals surface area contributed by atoms with Gasteiger partial charge in [-0.3, -0.25) is 9.48 Å². The van der Waals surface area contributed by atoms with Crippen LogP contribution in [0.25, 0.3) is 0 Å². The lowest BCUT2D eigenvalue weighted by Gasteiger charge is -2.26. The molecule has 1 aromatic carbocycles. The number of nitrogens with one attached hydrogen (secondary N) is 1. The second kappa shape index (κ2) is 10.4. The minimum Gasteiger partial charge on any atom is -0.490 e. The van der Waals surface area contributed by atoms with Crippen molar-refractivity contribution in [1.29, 1.82) is 0 Å². The molecule has 0 spiro atoms. The van der Waals surface area contributed by atoms with Crippen LogP contribution in [0.2, 0.25) is 0 Å². The maximum Gasteiger partial charge on any atom is 0.321 e. The van der Waals surface area contributed by atoms with Gasteiger partial charge in [-0.1, -0.05) is 0 Å². The second-order valence-electron chi connectivity index (χ2n) is 6.73. The smallest absolute Gasteiger partial charge is 0.321 e. The van der Waals surface area contributed by atoms with Crippen LogP contribution in [0.3, 0.4) is 0 Å². The molecular weight excluding hydrogens is 464 g/mol. The van der Waals surface area contributed by atoms with E-state index in [1.165, 1.54) is 45.6 Å². The Bertz CT molecular complexity index is 1120. The molecule has 1 N–H and O–H groups in total. The van der Waals surface area contributed by atoms with Gasteiger partial charge in [0.25, 0.3) is 0 Å². The fourth-order valence-corrected chi connectivity index (χ4v) is 5.14. The van der Waals surface area contributed by atoms with Gasteiger partial charge in [-0.05, 0) is 24.3 Å². The van der Waals surface area contributed by atoms with Crippen molar-refractivity contribution in [3.63, 3.8) is 0 Å². The van der Waals surface area contributed by atoms with Gasteiger partial charge in [-0.25, -0.2) is 16.8 Å². The van der Waals surface area contributed by atoms with Crippen LogP contribution in [0, 0.1) is 0 Å². The Morgan fingerprint density at radius 3 is 2.41 bits per heavy atom. The van der Waals surface area contributed by atoms with Crippen LogP contribution in [0.4, 0.5) is 0 Å². The maximum atomic E-state index is 12.6. The summed E-state index contributed by atoms with van der Waals surface area (Å²) in [7, 11) is -5.87. The lowest BCUT2D eigenvalue weighted by Crippen LogP contribution is -2.40. The number of aromatic nitrogens is 2. The molecule has 176 valence electrons. The molecule has 2 heterocycles. The van der Waals surface area contributed by atoms with Crippen molar-refractivity contribution in [3.05, 3.63) is 36.7 Å². The summed E-state index contributed by atoms with van der Waals surface area (Å²) >= 11 is 0. The third-order valence-corrected chi connectivity index (χ3v) is 7.71. The molecule has 2 aromatic rings. The van der Waals surface area contributed by atoms with Gasteiger partial charge in [-0.15, -0.1) is 0 Å². The number of carbonyl (C=O) groups is 1. The van der Waals surface area contributed by atoms with Gasteiger partial charge in [-0.2, -0.15) is 14.1 Å². The van der Waals surface area contributed by atoms with E-state index in [0.717, 1.165) is 0 Å². The summed E-state index contributed by atoms with van der Waals surface area (Å²) in [5.74, 6) is -0.368. The largest absolute Gasteiger partial charge is 0.490 e. The zero-order valence-electron chi connectivity index (χ0n) is 17.3. The SMILES string of the molecule is Cn1cc(S(=O)(=O)NCC(=O)OCCOc2ccc(S(=O)(=O)N3CCOCC3)cc2)cn1. The first-order valence-electron chi connectivity index (χ1n) is 9.63. The highest BCUT2D eigenvalue weighted by Gasteiger charge is 2.26. The van der Waals surface area contributed by atoms with Gasteiger partial charge in [0, 0.05) is 26.3 Å². The van der Waals surface area contributed by atoms with Gasteiger partial charge in [0.15, 0.2) is 0 Å². The van der Waals surface area contributed by atoms with Gasteiger partial charge >= 0.3 is 5.97 Å². The number of sulfonamides is 2. The lowest BCUT2D eigenvalue weighted by molar-refractivity contribution is -0.142. The maximum absolute atomic E-state index is 12.6. The van der Waals surface area contributed by atoms with Crippen LogP contribution >= 0.6 is 0 Å². The van der Waals surface area contributed by atoms with Crippen molar-refractivity contribution >= 4 is 26.0 Å². The number of hydrogen-bond donors (Lipinski definition) is 1. The Kier molecular flexibility index (Phi) is 7.84. The average molecular weight is 489 g/mol. The molecule has 1 aliphatic heterocycles. The van der Waals surface area contributed by atoms with Crippen molar-refractivity contribution in [2.45, 2.75) is 9.79 Å². The molecule has 14 heteroatoms. The number of esters is 1. The fourth-order valence-electron chi connectivity index (χ4n) is 2.78. The number of benzene rings is 1. The Hall–Kier alpha value is -2.52. The van der Waals surface area contributed by atoms with E-state index in [-0.39, 0.29) is 23.0 Å². The number of nitrogens with zero attached hydrogens (tertiary/aromatic N) is 3. The molecule has 0 radical (unpaired) electrons. The molecule has 0 amide bonds. The highest BCUT2D eigenvalue weighted by Crippen LogP contribution is 2.20. The predicted molar refractivity (Wildman–Crippen MR) is 111 cm³/mol. The van der Waals surface area contributed by atoms with Gasteiger partial charge in [0.2, 0.25) is 20.0 Å². The summed E-state index contributed by atoms with van der Waals surface area (Å²) in [6, 6.07) is 5.91. The van der Waals surface area contributed by atoms with Crippen molar-refractivity contribution < 1.29 is 35.8 Å². The highest BCUT2D eigenvalue weighted by molar-refractivity contribution is 7.89. The van der Waals surface area contributed by atoms with E-state index in [2.05, 4.69) is 9.82 Å². The summed E-state index contributed by atoms with van der Waals surface area (Å²) in [5, 5.41) is 3.77. The summed E-state index contributed by atoms with van der Waals surface area (Å²) in [4.78, 5) is 11.8. The Morgan fingerprint density at radius 1 is 1.09 bits per heavy atom. The third-order valence-electron chi connectivity index (χ3n) is 4.44. The summed E-state index contributed by atoms with van der Waals surface area (Å²) in [6.07, 6.45) is 2.47. The molecule has 0 aliphatic carbocycles. The summed E-state index contributed by atoms with van der Waals surface area (Å²) in [6.45, 7) is 0.714. The first-order chi connectivity index (χ1) is 15.2. The van der Waals surface area contributed by atoms with E-state index in [0.29, 0.717) is 32.1 Å². The summed E-state index contributed by atoms with van der Waals surface area (Å²) in [5.41, 5.74) is 0. The van der Waals surface area contributed by atoms with E-state index in [9.17, 15) is 21.6 Å². The number of carbonyl (C=O) groups excluding carboxylic acids is 1. The molecule has 3 rings (SSSR count). The van der Waals surface area contributed by atoms with Crippen LogP contribution in [0.1, 0.15) is 0 Å². The van der Waals surface area contributed by atoms with E-state index in [1.54, 1.807) is 7.05 Å². The zero-order valence-corrected chi connectivity index (χ0v) is 19.0. The minimum absolute atomic E-state index is 0.0106. The number of morpholine rings is 1. The standard InChI is InChI=1S/C18H24N4O8S2/c1-21-14-17(12-19-21)31(24,25)20-13-18(23)30-11-10-29-15-2-4-16(5-3-15)32(26,27)22-6-8-28-9-7-22/h2-5,12,14,20H,6-11,13H2,1H3. The van der Waals surface area contributed by atoms with Crippen LogP contribution in [-0.4, -0.2) is 83.0 Å².